The summed E-state index contributed by atoms with van der Waals surface area (Å²) in [5.41, 5.74) is 8.56. The predicted molar refractivity (Wildman–Crippen MR) is 163 cm³/mol. The van der Waals surface area contributed by atoms with Gasteiger partial charge >= 0.3 is 0 Å². The normalized spacial score (nSPS) is 14.2. The molecule has 0 spiro atoms. The first kappa shape index (κ1) is 27.5. The fraction of sp³-hybridized carbons (Fsp3) is 0.406. The van der Waals surface area contributed by atoms with Crippen LogP contribution in [0.4, 0.5) is 11.4 Å². The maximum atomic E-state index is 12.3. The molecule has 0 atom stereocenters. The summed E-state index contributed by atoms with van der Waals surface area (Å²) in [5, 5.41) is 2.98. The van der Waals surface area contributed by atoms with Gasteiger partial charge in [0.1, 0.15) is 11.2 Å². The van der Waals surface area contributed by atoms with Crippen molar-refractivity contribution in [1.29, 1.82) is 0 Å². The molecular weight excluding hydrogens is 498 g/mol. The number of hydrogen-bond acceptors (Lipinski definition) is 6. The highest BCUT2D eigenvalue weighted by molar-refractivity contribution is 6.13. The number of amides is 1. The van der Waals surface area contributed by atoms with Crippen molar-refractivity contribution in [1.82, 2.24) is 19.9 Å². The number of piperidine rings is 1. The molecule has 208 valence electrons. The number of anilines is 2. The Labute approximate surface area is 236 Å². The number of aliphatic imine (C=N–C) groups is 1. The summed E-state index contributed by atoms with van der Waals surface area (Å²) in [4.78, 5) is 37.3. The van der Waals surface area contributed by atoms with E-state index in [4.69, 9.17) is 9.98 Å². The van der Waals surface area contributed by atoms with Crippen molar-refractivity contribution in [2.45, 2.75) is 59.8 Å². The van der Waals surface area contributed by atoms with Crippen LogP contribution in [0.1, 0.15) is 69.8 Å². The third-order valence-electron chi connectivity index (χ3n) is 7.23. The summed E-state index contributed by atoms with van der Waals surface area (Å²) in [5.74, 6) is 1.04. The Morgan fingerprint density at radius 1 is 1.05 bits per heavy atom. The van der Waals surface area contributed by atoms with Gasteiger partial charge in [-0.15, -0.1) is 0 Å². The molecule has 0 saturated carbocycles. The number of pyridine rings is 2. The van der Waals surface area contributed by atoms with Gasteiger partial charge in [0, 0.05) is 43.4 Å². The van der Waals surface area contributed by atoms with Crippen molar-refractivity contribution in [3.63, 3.8) is 0 Å². The van der Waals surface area contributed by atoms with E-state index in [-0.39, 0.29) is 5.91 Å². The Bertz CT molecular complexity index is 1510. The molecule has 1 aliphatic heterocycles. The molecule has 5 rings (SSSR count). The van der Waals surface area contributed by atoms with Crippen molar-refractivity contribution in [2.24, 2.45) is 10.9 Å². The zero-order valence-electron chi connectivity index (χ0n) is 24.0. The number of aromatic amines is 1. The van der Waals surface area contributed by atoms with Gasteiger partial charge < -0.3 is 15.2 Å². The second-order valence-electron chi connectivity index (χ2n) is 11.1. The molecule has 0 aliphatic carbocycles. The zero-order valence-corrected chi connectivity index (χ0v) is 24.0. The minimum absolute atomic E-state index is 0.00386. The van der Waals surface area contributed by atoms with E-state index in [0.29, 0.717) is 24.6 Å². The van der Waals surface area contributed by atoms with E-state index >= 15 is 0 Å². The Balaban J connectivity index is 1.52. The number of aryl methyl sites for hydroxylation is 1. The standard InChI is InChI=1S/C32H39N7O/c1-5-11-35-30(32-37-27-19-34-20-28(31(27)38-32)39-12-7-6-8-13-39)26-16-23(10-9-22(26)4)24-15-25(18-33-17-24)36-29(40)14-21(2)3/h9-10,15-21H,5-8,11-14H2,1-4H3,(H,36,40)(H,37,38)/b35-30+. The third kappa shape index (κ3) is 6.22. The van der Waals surface area contributed by atoms with Crippen LogP contribution >= 0.6 is 0 Å². The van der Waals surface area contributed by atoms with E-state index in [2.05, 4.69) is 57.2 Å². The van der Waals surface area contributed by atoms with Crippen molar-refractivity contribution >= 4 is 34.0 Å². The SMILES string of the molecule is CCC/N=C(/c1nc2c(N3CCCCC3)cncc2[nH]1)c1cc(-c2cncc(NC(=O)CC(C)C)c2)ccc1C. The smallest absolute Gasteiger partial charge is 0.224 e. The third-order valence-corrected chi connectivity index (χ3v) is 7.23. The van der Waals surface area contributed by atoms with Crippen molar-refractivity contribution in [2.75, 3.05) is 29.9 Å². The Morgan fingerprint density at radius 2 is 1.85 bits per heavy atom. The maximum absolute atomic E-state index is 12.3. The number of carbonyl (C=O) groups is 1. The quantitative estimate of drug-likeness (QED) is 0.236. The van der Waals surface area contributed by atoms with Gasteiger partial charge in [0.2, 0.25) is 5.91 Å². The number of rotatable bonds is 9. The van der Waals surface area contributed by atoms with Crippen LogP contribution < -0.4 is 10.2 Å². The summed E-state index contributed by atoms with van der Waals surface area (Å²) in [6, 6.07) is 8.32. The largest absolute Gasteiger partial charge is 0.368 e. The summed E-state index contributed by atoms with van der Waals surface area (Å²) >= 11 is 0. The van der Waals surface area contributed by atoms with Crippen LogP contribution in [0.3, 0.4) is 0 Å². The maximum Gasteiger partial charge on any atom is 0.224 e. The highest BCUT2D eigenvalue weighted by Gasteiger charge is 2.20. The van der Waals surface area contributed by atoms with E-state index < -0.39 is 0 Å². The highest BCUT2D eigenvalue weighted by atomic mass is 16.1. The van der Waals surface area contributed by atoms with Gasteiger partial charge in [-0.05, 0) is 61.8 Å². The lowest BCUT2D eigenvalue weighted by molar-refractivity contribution is -0.116. The lowest BCUT2D eigenvalue weighted by Crippen LogP contribution is -2.29. The van der Waals surface area contributed by atoms with Gasteiger partial charge in [-0.25, -0.2) is 4.98 Å². The fourth-order valence-corrected chi connectivity index (χ4v) is 5.21. The molecule has 1 aliphatic rings. The Morgan fingerprint density at radius 3 is 2.62 bits per heavy atom. The highest BCUT2D eigenvalue weighted by Crippen LogP contribution is 2.29. The molecule has 4 heterocycles. The van der Waals surface area contributed by atoms with Gasteiger partial charge in [0.25, 0.3) is 0 Å². The van der Waals surface area contributed by atoms with E-state index in [9.17, 15) is 4.79 Å². The minimum Gasteiger partial charge on any atom is -0.368 e. The molecule has 1 aromatic carbocycles. The molecule has 3 aromatic heterocycles. The molecular formula is C32H39N7O. The van der Waals surface area contributed by atoms with Gasteiger partial charge in [-0.1, -0.05) is 32.9 Å². The van der Waals surface area contributed by atoms with Gasteiger partial charge in [-0.3, -0.25) is 19.8 Å². The second-order valence-corrected chi connectivity index (χ2v) is 11.1. The first-order valence-corrected chi connectivity index (χ1v) is 14.4. The van der Waals surface area contributed by atoms with E-state index in [0.717, 1.165) is 70.0 Å². The monoisotopic (exact) mass is 537 g/mol. The van der Waals surface area contributed by atoms with Crippen molar-refractivity contribution in [3.8, 4) is 11.1 Å². The number of fused-ring (bicyclic) bond motifs is 1. The number of benzene rings is 1. The number of aromatic nitrogens is 4. The molecule has 0 radical (unpaired) electrons. The fourth-order valence-electron chi connectivity index (χ4n) is 5.21. The number of H-pyrrole nitrogens is 1. The average molecular weight is 538 g/mol. The number of nitrogens with zero attached hydrogens (tertiary/aromatic N) is 5. The lowest BCUT2D eigenvalue weighted by atomic mass is 9.97. The Hall–Kier alpha value is -4.07. The molecule has 0 unspecified atom stereocenters. The van der Waals surface area contributed by atoms with Crippen LogP contribution in [0.5, 0.6) is 0 Å². The van der Waals surface area contributed by atoms with Crippen molar-refractivity contribution in [3.05, 3.63) is 66.0 Å². The predicted octanol–water partition coefficient (Wildman–Crippen LogP) is 6.55. The van der Waals surface area contributed by atoms with Crippen LogP contribution in [0.2, 0.25) is 0 Å². The first-order chi connectivity index (χ1) is 19.4. The molecule has 4 aromatic rings. The van der Waals surface area contributed by atoms with Gasteiger partial charge in [0.15, 0.2) is 5.82 Å². The molecule has 0 bridgehead atoms. The minimum atomic E-state index is -0.00386. The molecule has 40 heavy (non-hydrogen) atoms. The van der Waals surface area contributed by atoms with Crippen LogP contribution in [0, 0.1) is 12.8 Å². The molecule has 1 fully saturated rings. The number of imidazole rings is 1. The van der Waals surface area contributed by atoms with Crippen LogP contribution in [0.25, 0.3) is 22.2 Å². The van der Waals surface area contributed by atoms with Crippen LogP contribution in [0.15, 0.2) is 54.0 Å². The van der Waals surface area contributed by atoms with Crippen molar-refractivity contribution < 1.29 is 4.79 Å². The summed E-state index contributed by atoms with van der Waals surface area (Å²) in [7, 11) is 0. The van der Waals surface area contributed by atoms with E-state index in [1.54, 1.807) is 6.20 Å². The first-order valence-electron chi connectivity index (χ1n) is 14.4. The Kier molecular flexibility index (Phi) is 8.53. The molecule has 1 amide bonds. The average Bonchev–Trinajstić information content (AvgIpc) is 3.38. The van der Waals surface area contributed by atoms with Crippen LogP contribution in [-0.4, -0.2) is 51.2 Å². The number of hydrogen-bond donors (Lipinski definition) is 2. The molecule has 2 N–H and O–H groups in total. The van der Waals surface area contributed by atoms with Gasteiger partial charge in [-0.2, -0.15) is 0 Å². The molecule has 1 saturated heterocycles. The van der Waals surface area contributed by atoms with Gasteiger partial charge in [0.05, 0.1) is 35.5 Å². The lowest BCUT2D eigenvalue weighted by Gasteiger charge is -2.28. The number of carbonyl (C=O) groups excluding carboxylic acids is 1. The summed E-state index contributed by atoms with van der Waals surface area (Å²) < 4.78 is 0. The van der Waals surface area contributed by atoms with E-state index in [1.165, 1.54) is 19.3 Å². The number of nitrogens with one attached hydrogen (secondary N) is 2. The van der Waals surface area contributed by atoms with E-state index in [1.807, 2.05) is 38.5 Å². The topological polar surface area (TPSA) is 99.2 Å². The van der Waals surface area contributed by atoms with Crippen LogP contribution in [-0.2, 0) is 4.79 Å². The molecule has 8 heteroatoms. The second kappa shape index (κ2) is 12.4. The zero-order chi connectivity index (χ0) is 28.1. The summed E-state index contributed by atoms with van der Waals surface area (Å²) in [6.07, 6.45) is 12.4. The molecule has 8 nitrogen and oxygen atoms in total. The summed E-state index contributed by atoms with van der Waals surface area (Å²) in [6.45, 7) is 11.1.